The average molecular weight is 226 g/mol. The number of carbonyl (C=O) groups excluding carboxylic acids is 3. The van der Waals surface area contributed by atoms with Crippen molar-refractivity contribution in [2.24, 2.45) is 5.92 Å². The molecule has 88 valence electrons. The van der Waals surface area contributed by atoms with Gasteiger partial charge in [0.2, 0.25) is 0 Å². The van der Waals surface area contributed by atoms with Crippen LogP contribution in [0.1, 0.15) is 19.3 Å². The number of nitrogens with one attached hydrogen (secondary N) is 1. The minimum Gasteiger partial charge on any atom is -0.381 e. The maximum Gasteiger partial charge on any atom is 0.331 e. The van der Waals surface area contributed by atoms with Crippen LogP contribution in [0, 0.1) is 5.92 Å². The molecule has 1 saturated heterocycles. The summed E-state index contributed by atoms with van der Waals surface area (Å²) in [5.74, 6) is -0.908. The molecule has 0 atom stereocenters. The topological polar surface area (TPSA) is 75.7 Å². The lowest BCUT2D eigenvalue weighted by Gasteiger charge is -2.10. The van der Waals surface area contributed by atoms with Gasteiger partial charge in [0.25, 0.3) is 0 Å². The van der Waals surface area contributed by atoms with Gasteiger partial charge >= 0.3 is 17.8 Å². The van der Waals surface area contributed by atoms with E-state index in [1.807, 2.05) is 5.32 Å². The van der Waals surface area contributed by atoms with Crippen LogP contribution < -0.4 is 5.32 Å². The zero-order valence-corrected chi connectivity index (χ0v) is 8.90. The van der Waals surface area contributed by atoms with Gasteiger partial charge in [0.15, 0.2) is 0 Å². The predicted molar refractivity (Wildman–Crippen MR) is 53.4 cm³/mol. The summed E-state index contributed by atoms with van der Waals surface area (Å²) in [6.07, 6.45) is 3.04. The van der Waals surface area contributed by atoms with E-state index < -0.39 is 17.8 Å². The Morgan fingerprint density at radius 3 is 2.62 bits per heavy atom. The van der Waals surface area contributed by atoms with Crippen molar-refractivity contribution in [2.45, 2.75) is 19.3 Å². The van der Waals surface area contributed by atoms with Crippen molar-refractivity contribution in [2.75, 3.05) is 19.8 Å². The quantitative estimate of drug-likeness (QED) is 0.389. The molecule has 0 spiro atoms. The molecule has 6 nitrogen and oxygen atoms in total. The number of hydrogen-bond donors (Lipinski definition) is 1. The first-order valence-corrected chi connectivity index (χ1v) is 5.43. The maximum absolute atomic E-state index is 11.1. The van der Waals surface area contributed by atoms with Crippen molar-refractivity contribution in [3.63, 3.8) is 0 Å². The van der Waals surface area contributed by atoms with Crippen molar-refractivity contribution < 1.29 is 19.1 Å². The Morgan fingerprint density at radius 1 is 1.31 bits per heavy atom. The van der Waals surface area contributed by atoms with Crippen LogP contribution in [0.3, 0.4) is 0 Å². The van der Waals surface area contributed by atoms with E-state index in [-0.39, 0.29) is 6.54 Å². The summed E-state index contributed by atoms with van der Waals surface area (Å²) < 4.78 is 5.36. The third-order valence-electron chi connectivity index (χ3n) is 2.63. The summed E-state index contributed by atoms with van der Waals surface area (Å²) in [6, 6.07) is -0.628. The van der Waals surface area contributed by atoms with Crippen molar-refractivity contribution in [1.29, 1.82) is 0 Å². The number of urea groups is 1. The fraction of sp³-hybridized carbons (Fsp3) is 0.700. The largest absolute Gasteiger partial charge is 0.381 e. The van der Waals surface area contributed by atoms with E-state index in [1.165, 1.54) is 12.8 Å². The molecule has 1 heterocycles. The molecule has 6 heteroatoms. The summed E-state index contributed by atoms with van der Waals surface area (Å²) in [5.41, 5.74) is 0. The van der Waals surface area contributed by atoms with Crippen LogP contribution in [0.15, 0.2) is 0 Å². The lowest BCUT2D eigenvalue weighted by Crippen LogP contribution is -2.32. The molecule has 2 aliphatic rings. The van der Waals surface area contributed by atoms with Gasteiger partial charge in [0.1, 0.15) is 0 Å². The third kappa shape index (κ3) is 2.57. The maximum atomic E-state index is 11.1. The highest BCUT2D eigenvalue weighted by atomic mass is 16.5. The Labute approximate surface area is 92.9 Å². The number of hydrogen-bond acceptors (Lipinski definition) is 4. The average Bonchev–Trinajstić information content (AvgIpc) is 3.02. The van der Waals surface area contributed by atoms with E-state index in [9.17, 15) is 14.4 Å². The second kappa shape index (κ2) is 4.61. The Morgan fingerprint density at radius 2 is 2.06 bits per heavy atom. The molecule has 0 aromatic rings. The van der Waals surface area contributed by atoms with Crippen LogP contribution >= 0.6 is 0 Å². The molecule has 2 fully saturated rings. The lowest BCUT2D eigenvalue weighted by atomic mass is 10.4. The van der Waals surface area contributed by atoms with Crippen LogP contribution in [0.2, 0.25) is 0 Å². The molecule has 0 unspecified atom stereocenters. The molecular weight excluding hydrogens is 212 g/mol. The van der Waals surface area contributed by atoms with Crippen molar-refractivity contribution >= 4 is 17.8 Å². The highest BCUT2D eigenvalue weighted by Crippen LogP contribution is 2.28. The molecule has 2 rings (SSSR count). The third-order valence-corrected chi connectivity index (χ3v) is 2.63. The first-order valence-electron chi connectivity index (χ1n) is 5.43. The highest BCUT2D eigenvalue weighted by molar-refractivity contribution is 6.44. The van der Waals surface area contributed by atoms with Gasteiger partial charge in [-0.2, -0.15) is 0 Å². The van der Waals surface area contributed by atoms with Gasteiger partial charge in [-0.15, -0.1) is 0 Å². The van der Waals surface area contributed by atoms with Gasteiger partial charge < -0.3 is 4.74 Å². The molecule has 1 aliphatic carbocycles. The van der Waals surface area contributed by atoms with Crippen LogP contribution in [0.4, 0.5) is 4.79 Å². The molecule has 1 N–H and O–H groups in total. The smallest absolute Gasteiger partial charge is 0.331 e. The van der Waals surface area contributed by atoms with Gasteiger partial charge in [-0.3, -0.25) is 19.8 Å². The standard InChI is InChI=1S/C10H14N2O4/c13-8-9(14)12(10(15)11-8)4-1-5-16-6-7-2-3-7/h7H,1-6H2,(H,11,13,15). The second-order valence-electron chi connectivity index (χ2n) is 4.09. The van der Waals surface area contributed by atoms with Crippen LogP contribution in [-0.4, -0.2) is 42.5 Å². The molecule has 1 aliphatic heterocycles. The second-order valence-corrected chi connectivity index (χ2v) is 4.09. The minimum absolute atomic E-state index is 0.237. The Balaban J connectivity index is 1.62. The Bertz CT molecular complexity index is 325. The summed E-state index contributed by atoms with van der Waals surface area (Å²) >= 11 is 0. The monoisotopic (exact) mass is 226 g/mol. The van der Waals surface area contributed by atoms with Crippen LogP contribution in [0.5, 0.6) is 0 Å². The fourth-order valence-corrected chi connectivity index (χ4v) is 1.50. The number of rotatable bonds is 6. The molecular formula is C10H14N2O4. The Hall–Kier alpha value is -1.43. The fourth-order valence-electron chi connectivity index (χ4n) is 1.50. The lowest BCUT2D eigenvalue weighted by molar-refractivity contribution is -0.140. The zero-order valence-electron chi connectivity index (χ0n) is 8.90. The predicted octanol–water partition coefficient (Wildman–Crippen LogP) is -0.119. The van der Waals surface area contributed by atoms with E-state index in [4.69, 9.17) is 4.74 Å². The first kappa shape index (κ1) is 11.1. The van der Waals surface area contributed by atoms with Crippen molar-refractivity contribution in [1.82, 2.24) is 10.2 Å². The van der Waals surface area contributed by atoms with E-state index in [0.717, 1.165) is 11.5 Å². The van der Waals surface area contributed by atoms with Gasteiger partial charge in [0, 0.05) is 19.8 Å². The SMILES string of the molecule is O=C1NC(=O)N(CCCOCC2CC2)C1=O. The summed E-state index contributed by atoms with van der Waals surface area (Å²) in [5, 5.41) is 1.94. The summed E-state index contributed by atoms with van der Waals surface area (Å²) in [7, 11) is 0. The van der Waals surface area contributed by atoms with E-state index in [0.29, 0.717) is 18.9 Å². The number of carbonyl (C=O) groups is 3. The molecule has 1 saturated carbocycles. The summed E-state index contributed by atoms with van der Waals surface area (Å²) in [6.45, 7) is 1.52. The molecule has 0 radical (unpaired) electrons. The first-order chi connectivity index (χ1) is 7.68. The van der Waals surface area contributed by atoms with Crippen molar-refractivity contribution in [3.8, 4) is 0 Å². The molecule has 0 aromatic heterocycles. The van der Waals surface area contributed by atoms with E-state index >= 15 is 0 Å². The van der Waals surface area contributed by atoms with Crippen LogP contribution in [0.25, 0.3) is 0 Å². The zero-order chi connectivity index (χ0) is 11.5. The normalized spacial score (nSPS) is 20.5. The van der Waals surface area contributed by atoms with Crippen molar-refractivity contribution in [3.05, 3.63) is 0 Å². The molecule has 0 aromatic carbocycles. The number of nitrogens with zero attached hydrogens (tertiary/aromatic N) is 1. The van der Waals surface area contributed by atoms with E-state index in [2.05, 4.69) is 0 Å². The summed E-state index contributed by atoms with van der Waals surface area (Å²) in [4.78, 5) is 34.0. The number of imide groups is 2. The molecule has 0 bridgehead atoms. The van der Waals surface area contributed by atoms with E-state index in [1.54, 1.807) is 0 Å². The minimum atomic E-state index is -0.844. The number of ether oxygens (including phenoxy) is 1. The van der Waals surface area contributed by atoms with Gasteiger partial charge in [-0.05, 0) is 25.2 Å². The van der Waals surface area contributed by atoms with Crippen LogP contribution in [-0.2, 0) is 14.3 Å². The van der Waals surface area contributed by atoms with Gasteiger partial charge in [-0.1, -0.05) is 0 Å². The Kier molecular flexibility index (Phi) is 3.19. The van der Waals surface area contributed by atoms with Gasteiger partial charge in [-0.25, -0.2) is 4.79 Å². The van der Waals surface area contributed by atoms with Gasteiger partial charge in [0.05, 0.1) is 0 Å². The number of amides is 4. The molecule has 16 heavy (non-hydrogen) atoms. The highest BCUT2D eigenvalue weighted by Gasteiger charge is 2.36. The molecule has 4 amide bonds.